The number of sulfonamides is 1. The van der Waals surface area contributed by atoms with Crippen molar-refractivity contribution in [2.75, 3.05) is 31.1 Å². The van der Waals surface area contributed by atoms with Gasteiger partial charge in [0.1, 0.15) is 10.7 Å². The van der Waals surface area contributed by atoms with Crippen molar-refractivity contribution in [3.8, 4) is 11.4 Å². The van der Waals surface area contributed by atoms with E-state index in [-0.39, 0.29) is 11.7 Å². The fourth-order valence-corrected chi connectivity index (χ4v) is 5.86. The second kappa shape index (κ2) is 8.05. The largest absolute Gasteiger partial charge is 0.370 e. The second-order valence-electron chi connectivity index (χ2n) is 8.00. The van der Waals surface area contributed by atoms with Gasteiger partial charge in [-0.1, -0.05) is 17.3 Å². The Bertz CT molecular complexity index is 1170. The van der Waals surface area contributed by atoms with Crippen LogP contribution in [0.15, 0.2) is 57.9 Å². The fourth-order valence-electron chi connectivity index (χ4n) is 4.12. The number of aromatic nitrogens is 2. The highest BCUT2D eigenvalue weighted by Gasteiger charge is 2.41. The molecule has 2 saturated heterocycles. The predicted molar refractivity (Wildman–Crippen MR) is 114 cm³/mol. The fraction of sp³-hybridized carbons (Fsp3) is 0.364. The maximum Gasteiger partial charge on any atom is 0.245 e. The average molecular weight is 443 g/mol. The first-order valence-corrected chi connectivity index (χ1v) is 11.9. The van der Waals surface area contributed by atoms with Gasteiger partial charge in [0.05, 0.1) is 11.6 Å². The average Bonchev–Trinajstić information content (AvgIpc) is 3.23. The topological polar surface area (TPSA) is 79.5 Å². The third-order valence-electron chi connectivity index (χ3n) is 5.92. The van der Waals surface area contributed by atoms with E-state index in [4.69, 9.17) is 4.52 Å². The molecule has 0 spiro atoms. The monoisotopic (exact) mass is 442 g/mol. The van der Waals surface area contributed by atoms with Gasteiger partial charge >= 0.3 is 0 Å². The van der Waals surface area contributed by atoms with Gasteiger partial charge < -0.3 is 9.42 Å². The van der Waals surface area contributed by atoms with Crippen LogP contribution in [0.2, 0.25) is 0 Å². The minimum Gasteiger partial charge on any atom is -0.370 e. The van der Waals surface area contributed by atoms with Crippen molar-refractivity contribution >= 4 is 15.7 Å². The molecule has 2 fully saturated rings. The van der Waals surface area contributed by atoms with Gasteiger partial charge in [-0.3, -0.25) is 0 Å². The van der Waals surface area contributed by atoms with Crippen molar-refractivity contribution in [2.45, 2.75) is 30.1 Å². The molecule has 7 nitrogen and oxygen atoms in total. The van der Waals surface area contributed by atoms with Gasteiger partial charge in [0.25, 0.3) is 0 Å². The molecule has 0 saturated carbocycles. The number of benzene rings is 2. The summed E-state index contributed by atoms with van der Waals surface area (Å²) in [4.78, 5) is 6.90. The molecule has 2 aromatic carbocycles. The first-order chi connectivity index (χ1) is 15.0. The van der Waals surface area contributed by atoms with Crippen molar-refractivity contribution in [3.05, 3.63) is 60.2 Å². The Kier molecular flexibility index (Phi) is 5.23. The van der Waals surface area contributed by atoms with Crippen LogP contribution in [-0.4, -0.2) is 49.0 Å². The van der Waals surface area contributed by atoms with Crippen LogP contribution < -0.4 is 4.90 Å². The molecule has 0 N–H and O–H groups in total. The zero-order chi connectivity index (χ0) is 21.4. The van der Waals surface area contributed by atoms with Crippen molar-refractivity contribution in [1.82, 2.24) is 14.4 Å². The summed E-state index contributed by atoms with van der Waals surface area (Å²) in [6, 6.07) is 13.1. The van der Waals surface area contributed by atoms with Crippen molar-refractivity contribution in [1.29, 1.82) is 0 Å². The van der Waals surface area contributed by atoms with Crippen LogP contribution >= 0.6 is 0 Å². The van der Waals surface area contributed by atoms with E-state index in [9.17, 15) is 12.8 Å². The lowest BCUT2D eigenvalue weighted by Crippen LogP contribution is -2.48. The van der Waals surface area contributed by atoms with E-state index in [1.165, 1.54) is 22.9 Å². The van der Waals surface area contributed by atoms with Crippen molar-refractivity contribution < 1.29 is 17.3 Å². The molecule has 0 amide bonds. The third kappa shape index (κ3) is 3.83. The van der Waals surface area contributed by atoms with Crippen LogP contribution in [-0.2, 0) is 10.0 Å². The van der Waals surface area contributed by atoms with Gasteiger partial charge in [0.15, 0.2) is 0 Å². The normalized spacial score (nSPS) is 18.2. The second-order valence-corrected chi connectivity index (χ2v) is 9.90. The molecule has 162 valence electrons. The van der Waals surface area contributed by atoms with Crippen molar-refractivity contribution in [3.63, 3.8) is 0 Å². The van der Waals surface area contributed by atoms with Gasteiger partial charge in [-0.15, -0.1) is 0 Å². The third-order valence-corrected chi connectivity index (χ3v) is 7.80. The van der Waals surface area contributed by atoms with E-state index in [1.54, 1.807) is 24.3 Å². The molecule has 5 rings (SSSR count). The molecule has 0 unspecified atom stereocenters. The maximum absolute atomic E-state index is 13.3. The lowest BCUT2D eigenvalue weighted by molar-refractivity contribution is 0.217. The van der Waals surface area contributed by atoms with Gasteiger partial charge in [-0.25, -0.2) is 12.8 Å². The van der Waals surface area contributed by atoms with Gasteiger partial charge in [0, 0.05) is 31.7 Å². The number of halogens is 1. The summed E-state index contributed by atoms with van der Waals surface area (Å²) in [6.45, 7) is 2.34. The highest BCUT2D eigenvalue weighted by molar-refractivity contribution is 7.89. The molecule has 2 aliphatic rings. The van der Waals surface area contributed by atoms with Crippen LogP contribution in [0.3, 0.4) is 0 Å². The van der Waals surface area contributed by atoms with Crippen LogP contribution in [0.25, 0.3) is 11.4 Å². The van der Waals surface area contributed by atoms with E-state index in [1.807, 2.05) is 12.1 Å². The van der Waals surface area contributed by atoms with Crippen LogP contribution in [0.5, 0.6) is 0 Å². The van der Waals surface area contributed by atoms with Crippen molar-refractivity contribution in [2.24, 2.45) is 0 Å². The summed E-state index contributed by atoms with van der Waals surface area (Å²) >= 11 is 0. The maximum atomic E-state index is 13.3. The van der Waals surface area contributed by atoms with Gasteiger partial charge in [-0.2, -0.15) is 9.29 Å². The highest BCUT2D eigenvalue weighted by atomic mass is 32.2. The first-order valence-electron chi connectivity index (χ1n) is 10.5. The summed E-state index contributed by atoms with van der Waals surface area (Å²) in [6.07, 6.45) is 3.34. The number of hydrogen-bond donors (Lipinski definition) is 0. The Morgan fingerprint density at radius 2 is 1.68 bits per heavy atom. The number of hydrogen-bond acceptors (Lipinski definition) is 6. The smallest absolute Gasteiger partial charge is 0.245 e. The highest BCUT2D eigenvalue weighted by Crippen LogP contribution is 2.36. The minimum absolute atomic E-state index is 0.154. The Labute approximate surface area is 180 Å². The van der Waals surface area contributed by atoms with E-state index < -0.39 is 10.0 Å². The zero-order valence-corrected chi connectivity index (χ0v) is 17.8. The molecule has 0 bridgehead atoms. The molecule has 3 heterocycles. The molecular weight excluding hydrogens is 419 g/mol. The standard InChI is InChI=1S/C22H23FN4O3S/c23-18-10-8-16(9-11-18)21-24-22(30-25-21)17-14-27(15-17)31(28,29)20-7-3-2-6-19(20)26-12-4-1-5-13-26/h2-3,6-11,17H,1,4-5,12-15H2. The Morgan fingerprint density at radius 3 is 2.42 bits per heavy atom. The minimum atomic E-state index is -3.61. The lowest BCUT2D eigenvalue weighted by atomic mass is 10.0. The number of para-hydroxylation sites is 1. The number of piperidine rings is 1. The Balaban J connectivity index is 1.31. The van der Waals surface area contributed by atoms with E-state index in [0.29, 0.717) is 35.3 Å². The predicted octanol–water partition coefficient (Wildman–Crippen LogP) is 3.65. The quantitative estimate of drug-likeness (QED) is 0.600. The van der Waals surface area contributed by atoms with Gasteiger partial charge in [0.2, 0.25) is 21.7 Å². The SMILES string of the molecule is O=S(=O)(c1ccccc1N1CCCCC1)N1CC(c2nc(-c3ccc(F)cc3)no2)C1. The molecule has 2 aliphatic heterocycles. The van der Waals surface area contributed by atoms with Crippen LogP contribution in [0.4, 0.5) is 10.1 Å². The summed E-state index contributed by atoms with van der Waals surface area (Å²) in [7, 11) is -3.61. The molecule has 3 aromatic rings. The molecule has 0 aliphatic carbocycles. The van der Waals surface area contributed by atoms with E-state index in [2.05, 4.69) is 15.0 Å². The Hall–Kier alpha value is -2.78. The summed E-state index contributed by atoms with van der Waals surface area (Å²) in [5, 5.41) is 3.96. The van der Waals surface area contributed by atoms with Crippen LogP contribution in [0.1, 0.15) is 31.1 Å². The molecule has 9 heteroatoms. The molecule has 1 aromatic heterocycles. The molecule has 31 heavy (non-hydrogen) atoms. The first kappa shape index (κ1) is 20.1. The summed E-state index contributed by atoms with van der Waals surface area (Å²) in [5.41, 5.74) is 1.43. The summed E-state index contributed by atoms with van der Waals surface area (Å²) in [5.74, 6) is 0.276. The number of nitrogens with zero attached hydrogens (tertiary/aromatic N) is 4. The van der Waals surface area contributed by atoms with Crippen LogP contribution in [0, 0.1) is 5.82 Å². The molecular formula is C22H23FN4O3S. The number of rotatable bonds is 5. The zero-order valence-electron chi connectivity index (χ0n) is 16.9. The van der Waals surface area contributed by atoms with E-state index >= 15 is 0 Å². The lowest BCUT2D eigenvalue weighted by Gasteiger charge is -2.37. The number of anilines is 1. The van der Waals surface area contributed by atoms with Gasteiger partial charge in [-0.05, 0) is 55.7 Å². The summed E-state index contributed by atoms with van der Waals surface area (Å²) < 4.78 is 46.5. The molecule has 0 radical (unpaired) electrons. The van der Waals surface area contributed by atoms with E-state index in [0.717, 1.165) is 31.6 Å². The Morgan fingerprint density at radius 1 is 0.968 bits per heavy atom. The molecule has 0 atom stereocenters.